The number of hydrogen-bond donors (Lipinski definition) is 0. The van der Waals surface area contributed by atoms with Crippen molar-refractivity contribution in [1.29, 1.82) is 0 Å². The first-order valence-corrected chi connectivity index (χ1v) is 9.16. The van der Waals surface area contributed by atoms with E-state index in [2.05, 4.69) is 0 Å². The first kappa shape index (κ1) is 16.5. The van der Waals surface area contributed by atoms with Gasteiger partial charge < -0.3 is 4.42 Å². The number of amides is 1. The minimum atomic E-state index is -0.521. The predicted molar refractivity (Wildman–Crippen MR) is 109 cm³/mol. The average molecular weight is 367 g/mol. The summed E-state index contributed by atoms with van der Waals surface area (Å²) < 4.78 is 5.96. The fourth-order valence-electron chi connectivity index (χ4n) is 3.89. The smallest absolute Gasteiger partial charge is 0.295 e. The van der Waals surface area contributed by atoms with Gasteiger partial charge in [0.05, 0.1) is 17.0 Å². The lowest BCUT2D eigenvalue weighted by Crippen LogP contribution is -2.29. The van der Waals surface area contributed by atoms with Crippen LogP contribution in [0.2, 0.25) is 0 Å². The van der Waals surface area contributed by atoms with Crippen LogP contribution in [-0.2, 0) is 0 Å². The Morgan fingerprint density at radius 3 is 2.25 bits per heavy atom. The SMILES string of the molecule is Cc1ccc2oc3c(c(=O)c2c1)C(c1ccccc1)N(c1ccccc1)C3=O. The van der Waals surface area contributed by atoms with E-state index in [-0.39, 0.29) is 17.1 Å². The lowest BCUT2D eigenvalue weighted by molar-refractivity contribution is 0.0971. The standard InChI is InChI=1S/C24H17NO3/c1-15-12-13-19-18(14-15)22(26)20-21(16-8-4-2-5-9-16)25(24(27)23(20)28-19)17-10-6-3-7-11-17/h2-14,21H,1H3. The highest BCUT2D eigenvalue weighted by molar-refractivity contribution is 6.10. The molecule has 0 bridgehead atoms. The molecular formula is C24H17NO3. The minimum Gasteiger partial charge on any atom is -0.450 e. The Morgan fingerprint density at radius 1 is 0.857 bits per heavy atom. The van der Waals surface area contributed by atoms with E-state index in [1.54, 1.807) is 11.0 Å². The Bertz CT molecular complexity index is 1260. The Balaban J connectivity index is 1.84. The Hall–Kier alpha value is -3.66. The van der Waals surface area contributed by atoms with E-state index in [0.29, 0.717) is 16.5 Å². The second-order valence-corrected chi connectivity index (χ2v) is 7.00. The summed E-state index contributed by atoms with van der Waals surface area (Å²) >= 11 is 0. The first-order chi connectivity index (χ1) is 13.6. The third-order valence-corrected chi connectivity index (χ3v) is 5.18. The molecule has 4 nitrogen and oxygen atoms in total. The molecule has 1 amide bonds. The lowest BCUT2D eigenvalue weighted by Gasteiger charge is -2.25. The van der Waals surface area contributed by atoms with Gasteiger partial charge in [-0.25, -0.2) is 0 Å². The van der Waals surface area contributed by atoms with Crippen LogP contribution in [0.25, 0.3) is 11.0 Å². The molecule has 1 aromatic heterocycles. The van der Waals surface area contributed by atoms with Gasteiger partial charge >= 0.3 is 0 Å². The normalized spacial score (nSPS) is 15.8. The summed E-state index contributed by atoms with van der Waals surface area (Å²) in [5, 5.41) is 0.502. The number of aryl methyl sites for hydroxylation is 1. The summed E-state index contributed by atoms with van der Waals surface area (Å²) in [5.41, 5.74) is 3.26. The zero-order valence-electron chi connectivity index (χ0n) is 15.3. The number of hydrogen-bond acceptors (Lipinski definition) is 3. The highest BCUT2D eigenvalue weighted by atomic mass is 16.3. The Labute approximate surface area is 161 Å². The summed E-state index contributed by atoms with van der Waals surface area (Å²) in [4.78, 5) is 28.4. The molecule has 0 N–H and O–H groups in total. The second-order valence-electron chi connectivity index (χ2n) is 7.00. The molecule has 1 aliphatic heterocycles. The first-order valence-electron chi connectivity index (χ1n) is 9.16. The summed E-state index contributed by atoms with van der Waals surface area (Å²) in [7, 11) is 0. The van der Waals surface area contributed by atoms with Gasteiger partial charge in [-0.05, 0) is 36.8 Å². The summed E-state index contributed by atoms with van der Waals surface area (Å²) in [6.45, 7) is 1.93. The lowest BCUT2D eigenvalue weighted by atomic mass is 9.98. The van der Waals surface area contributed by atoms with E-state index in [4.69, 9.17) is 4.42 Å². The zero-order chi connectivity index (χ0) is 19.3. The van der Waals surface area contributed by atoms with Crippen molar-refractivity contribution < 1.29 is 9.21 Å². The van der Waals surface area contributed by atoms with Crippen LogP contribution in [0.3, 0.4) is 0 Å². The van der Waals surface area contributed by atoms with E-state index in [0.717, 1.165) is 16.8 Å². The second kappa shape index (κ2) is 6.20. The van der Waals surface area contributed by atoms with Crippen molar-refractivity contribution in [2.24, 2.45) is 0 Å². The van der Waals surface area contributed by atoms with Crippen LogP contribution in [0.5, 0.6) is 0 Å². The summed E-state index contributed by atoms with van der Waals surface area (Å²) in [6.07, 6.45) is 0. The van der Waals surface area contributed by atoms with Gasteiger partial charge in [0.15, 0.2) is 5.43 Å². The van der Waals surface area contributed by atoms with Crippen molar-refractivity contribution in [3.8, 4) is 0 Å². The van der Waals surface area contributed by atoms with Crippen molar-refractivity contribution in [1.82, 2.24) is 0 Å². The van der Waals surface area contributed by atoms with Crippen LogP contribution < -0.4 is 10.3 Å². The number of benzene rings is 3. The van der Waals surface area contributed by atoms with Crippen molar-refractivity contribution in [3.63, 3.8) is 0 Å². The molecule has 1 atom stereocenters. The monoisotopic (exact) mass is 367 g/mol. The van der Waals surface area contributed by atoms with E-state index in [1.165, 1.54) is 0 Å². The van der Waals surface area contributed by atoms with E-state index in [1.807, 2.05) is 79.7 Å². The fraction of sp³-hybridized carbons (Fsp3) is 0.0833. The Morgan fingerprint density at radius 2 is 1.54 bits per heavy atom. The van der Waals surface area contributed by atoms with Crippen molar-refractivity contribution >= 4 is 22.6 Å². The fourth-order valence-corrected chi connectivity index (χ4v) is 3.89. The molecule has 0 aliphatic carbocycles. The van der Waals surface area contributed by atoms with Crippen LogP contribution >= 0.6 is 0 Å². The molecule has 0 saturated heterocycles. The molecule has 3 aromatic carbocycles. The number of fused-ring (bicyclic) bond motifs is 2. The molecule has 1 unspecified atom stereocenters. The maximum atomic E-state index is 13.4. The highest BCUT2D eigenvalue weighted by Crippen LogP contribution is 2.40. The molecular weight excluding hydrogens is 350 g/mol. The number of rotatable bonds is 2. The van der Waals surface area contributed by atoms with Gasteiger partial charge in [0, 0.05) is 5.69 Å². The molecule has 2 heterocycles. The summed E-state index contributed by atoms with van der Waals surface area (Å²) in [6, 6.07) is 23.9. The third kappa shape index (κ3) is 2.38. The molecule has 1 aliphatic rings. The largest absolute Gasteiger partial charge is 0.450 e. The minimum absolute atomic E-state index is 0.124. The van der Waals surface area contributed by atoms with Crippen LogP contribution in [0.1, 0.15) is 33.3 Å². The van der Waals surface area contributed by atoms with Gasteiger partial charge in [0.2, 0.25) is 5.76 Å². The Kier molecular flexibility index (Phi) is 3.66. The van der Waals surface area contributed by atoms with Gasteiger partial charge in [-0.2, -0.15) is 0 Å². The number of carbonyl (C=O) groups excluding carboxylic acids is 1. The third-order valence-electron chi connectivity index (χ3n) is 5.18. The van der Waals surface area contributed by atoms with Crippen molar-refractivity contribution in [3.05, 3.63) is 112 Å². The van der Waals surface area contributed by atoms with Crippen LogP contribution in [0, 0.1) is 6.92 Å². The van der Waals surface area contributed by atoms with Gasteiger partial charge in [-0.15, -0.1) is 0 Å². The van der Waals surface area contributed by atoms with Crippen molar-refractivity contribution in [2.45, 2.75) is 13.0 Å². The van der Waals surface area contributed by atoms with Crippen LogP contribution in [0.15, 0.2) is 88.1 Å². The molecule has 28 heavy (non-hydrogen) atoms. The summed E-state index contributed by atoms with van der Waals surface area (Å²) in [5.74, 6) is -0.173. The number of anilines is 1. The van der Waals surface area contributed by atoms with Crippen molar-refractivity contribution in [2.75, 3.05) is 4.90 Å². The van der Waals surface area contributed by atoms with E-state index < -0.39 is 6.04 Å². The number of carbonyl (C=O) groups is 1. The molecule has 0 radical (unpaired) electrons. The molecule has 4 aromatic rings. The number of nitrogens with zero attached hydrogens (tertiary/aromatic N) is 1. The topological polar surface area (TPSA) is 50.5 Å². The maximum Gasteiger partial charge on any atom is 0.295 e. The van der Waals surface area contributed by atoms with Crippen LogP contribution in [0.4, 0.5) is 5.69 Å². The molecule has 0 fully saturated rings. The van der Waals surface area contributed by atoms with Gasteiger partial charge in [-0.1, -0.05) is 60.2 Å². The van der Waals surface area contributed by atoms with Gasteiger partial charge in [-0.3, -0.25) is 14.5 Å². The molecule has 4 heteroatoms. The molecule has 136 valence electrons. The number of para-hydroxylation sites is 1. The van der Waals surface area contributed by atoms with E-state index in [9.17, 15) is 9.59 Å². The average Bonchev–Trinajstić information content (AvgIpc) is 3.03. The maximum absolute atomic E-state index is 13.4. The quantitative estimate of drug-likeness (QED) is 0.509. The van der Waals surface area contributed by atoms with E-state index >= 15 is 0 Å². The highest BCUT2D eigenvalue weighted by Gasteiger charge is 2.43. The van der Waals surface area contributed by atoms with Crippen LogP contribution in [-0.4, -0.2) is 5.91 Å². The predicted octanol–water partition coefficient (Wildman–Crippen LogP) is 4.85. The van der Waals surface area contributed by atoms with Gasteiger partial charge in [0.1, 0.15) is 5.58 Å². The molecule has 0 saturated carbocycles. The molecule has 0 spiro atoms. The zero-order valence-corrected chi connectivity index (χ0v) is 15.3. The van der Waals surface area contributed by atoms with Gasteiger partial charge in [0.25, 0.3) is 5.91 Å². The molecule has 5 rings (SSSR count).